The second-order valence-corrected chi connectivity index (χ2v) is 3.49. The molecule has 0 spiro atoms. The first-order valence-corrected chi connectivity index (χ1v) is 5.25. The van der Waals surface area contributed by atoms with Crippen molar-refractivity contribution in [3.05, 3.63) is 29.8 Å². The summed E-state index contributed by atoms with van der Waals surface area (Å²) in [6.07, 6.45) is 0.214. The summed E-state index contributed by atoms with van der Waals surface area (Å²) in [5, 5.41) is 2.54. The highest BCUT2D eigenvalue weighted by Crippen LogP contribution is 2.19. The van der Waals surface area contributed by atoms with E-state index in [1.54, 1.807) is 25.2 Å². The van der Waals surface area contributed by atoms with Gasteiger partial charge in [0.05, 0.1) is 12.1 Å². The van der Waals surface area contributed by atoms with Crippen molar-refractivity contribution in [1.29, 1.82) is 0 Å². The SMILES string of the molecule is CNC(=O)Cc1ccccc1N=C(N)N=C(N)N. The van der Waals surface area contributed by atoms with Gasteiger partial charge in [0.1, 0.15) is 0 Å². The Balaban J connectivity index is 3.02. The molecule has 0 aliphatic carbocycles. The summed E-state index contributed by atoms with van der Waals surface area (Å²) in [5.41, 5.74) is 17.2. The van der Waals surface area contributed by atoms with Gasteiger partial charge in [-0.05, 0) is 11.6 Å². The molecule has 0 saturated heterocycles. The monoisotopic (exact) mass is 248 g/mol. The Morgan fingerprint density at radius 2 is 1.94 bits per heavy atom. The van der Waals surface area contributed by atoms with Crippen LogP contribution in [0.15, 0.2) is 34.3 Å². The van der Waals surface area contributed by atoms with Crippen LogP contribution in [-0.2, 0) is 11.2 Å². The van der Waals surface area contributed by atoms with Crippen LogP contribution >= 0.6 is 0 Å². The summed E-state index contributed by atoms with van der Waals surface area (Å²) in [6.45, 7) is 0. The molecule has 0 fully saturated rings. The van der Waals surface area contributed by atoms with Crippen molar-refractivity contribution in [2.45, 2.75) is 6.42 Å². The minimum Gasteiger partial charge on any atom is -0.370 e. The summed E-state index contributed by atoms with van der Waals surface area (Å²) in [5.74, 6) is -0.336. The molecule has 7 nitrogen and oxygen atoms in total. The van der Waals surface area contributed by atoms with Crippen molar-refractivity contribution in [2.24, 2.45) is 27.2 Å². The number of benzene rings is 1. The molecule has 96 valence electrons. The molecule has 0 aliphatic rings. The minimum absolute atomic E-state index is 0.0562. The van der Waals surface area contributed by atoms with Gasteiger partial charge >= 0.3 is 0 Å². The maximum Gasteiger partial charge on any atom is 0.224 e. The van der Waals surface area contributed by atoms with E-state index in [0.717, 1.165) is 5.56 Å². The Morgan fingerprint density at radius 1 is 1.28 bits per heavy atom. The molecule has 0 aliphatic heterocycles. The number of aliphatic imine (C=N–C) groups is 2. The van der Waals surface area contributed by atoms with E-state index < -0.39 is 0 Å². The summed E-state index contributed by atoms with van der Waals surface area (Å²) >= 11 is 0. The van der Waals surface area contributed by atoms with Crippen molar-refractivity contribution < 1.29 is 4.79 Å². The number of nitrogens with two attached hydrogens (primary N) is 3. The first-order chi connectivity index (χ1) is 8.52. The Hall–Kier alpha value is -2.57. The van der Waals surface area contributed by atoms with Crippen molar-refractivity contribution >= 4 is 23.5 Å². The van der Waals surface area contributed by atoms with E-state index in [2.05, 4.69) is 15.3 Å². The third-order valence-corrected chi connectivity index (χ3v) is 2.10. The molecule has 1 aromatic carbocycles. The van der Waals surface area contributed by atoms with Crippen LogP contribution in [0.4, 0.5) is 5.69 Å². The number of nitrogens with zero attached hydrogens (tertiary/aromatic N) is 2. The number of hydrogen-bond acceptors (Lipinski definition) is 2. The van der Waals surface area contributed by atoms with Gasteiger partial charge in [0.25, 0.3) is 0 Å². The van der Waals surface area contributed by atoms with E-state index in [1.807, 2.05) is 6.07 Å². The van der Waals surface area contributed by atoms with Crippen molar-refractivity contribution in [2.75, 3.05) is 7.05 Å². The second kappa shape index (κ2) is 6.24. The van der Waals surface area contributed by atoms with Crippen molar-refractivity contribution in [1.82, 2.24) is 5.32 Å². The zero-order valence-electron chi connectivity index (χ0n) is 10.1. The Kier molecular flexibility index (Phi) is 4.67. The van der Waals surface area contributed by atoms with Crippen LogP contribution in [0.5, 0.6) is 0 Å². The Morgan fingerprint density at radius 3 is 2.56 bits per heavy atom. The zero-order valence-corrected chi connectivity index (χ0v) is 10.1. The highest BCUT2D eigenvalue weighted by Gasteiger charge is 2.06. The van der Waals surface area contributed by atoms with Crippen molar-refractivity contribution in [3.8, 4) is 0 Å². The summed E-state index contributed by atoms with van der Waals surface area (Å²) in [7, 11) is 1.57. The van der Waals surface area contributed by atoms with Gasteiger partial charge in [-0.3, -0.25) is 4.79 Å². The van der Waals surface area contributed by atoms with Crippen LogP contribution in [0, 0.1) is 0 Å². The number of carbonyl (C=O) groups is 1. The molecule has 0 saturated carbocycles. The molecule has 7 N–H and O–H groups in total. The second-order valence-electron chi connectivity index (χ2n) is 3.49. The first kappa shape index (κ1) is 13.5. The quantitative estimate of drug-likeness (QED) is 0.411. The van der Waals surface area contributed by atoms with Gasteiger partial charge in [-0.25, -0.2) is 4.99 Å². The van der Waals surface area contributed by atoms with Gasteiger partial charge in [-0.2, -0.15) is 4.99 Å². The molecular weight excluding hydrogens is 232 g/mol. The molecule has 1 amide bonds. The van der Waals surface area contributed by atoms with Crippen LogP contribution in [0.3, 0.4) is 0 Å². The Labute approximate surface area is 105 Å². The van der Waals surface area contributed by atoms with E-state index in [9.17, 15) is 4.79 Å². The standard InChI is InChI=1S/C11H16N6O/c1-15-9(18)6-7-4-2-3-5-8(7)16-11(14)17-10(12)13/h2-5H,6H2,1H3,(H,15,18)(H6,12,13,14,16,17). The van der Waals surface area contributed by atoms with Gasteiger partial charge in [-0.1, -0.05) is 18.2 Å². The zero-order chi connectivity index (χ0) is 13.5. The molecule has 0 radical (unpaired) electrons. The average Bonchev–Trinajstić information content (AvgIpc) is 2.30. The highest BCUT2D eigenvalue weighted by molar-refractivity contribution is 5.94. The summed E-state index contributed by atoms with van der Waals surface area (Å²) < 4.78 is 0. The van der Waals surface area contributed by atoms with Crippen LogP contribution < -0.4 is 22.5 Å². The minimum atomic E-state index is -0.167. The van der Waals surface area contributed by atoms with Gasteiger partial charge in [0.2, 0.25) is 11.9 Å². The average molecular weight is 248 g/mol. The van der Waals surface area contributed by atoms with Crippen LogP contribution in [0.1, 0.15) is 5.56 Å². The molecule has 0 unspecified atom stereocenters. The topological polar surface area (TPSA) is 132 Å². The lowest BCUT2D eigenvalue weighted by Gasteiger charge is -2.04. The van der Waals surface area contributed by atoms with Crippen LogP contribution in [0.25, 0.3) is 0 Å². The van der Waals surface area contributed by atoms with E-state index in [4.69, 9.17) is 17.2 Å². The molecule has 0 bridgehead atoms. The molecule has 0 heterocycles. The number of rotatable bonds is 3. The van der Waals surface area contributed by atoms with Crippen LogP contribution in [-0.4, -0.2) is 24.9 Å². The maximum atomic E-state index is 11.3. The van der Waals surface area contributed by atoms with Gasteiger partial charge in [0, 0.05) is 7.05 Å². The predicted molar refractivity (Wildman–Crippen MR) is 71.3 cm³/mol. The van der Waals surface area contributed by atoms with Crippen molar-refractivity contribution in [3.63, 3.8) is 0 Å². The van der Waals surface area contributed by atoms with E-state index in [0.29, 0.717) is 5.69 Å². The highest BCUT2D eigenvalue weighted by atomic mass is 16.1. The fourth-order valence-corrected chi connectivity index (χ4v) is 1.31. The summed E-state index contributed by atoms with van der Waals surface area (Å²) in [6, 6.07) is 7.12. The lowest BCUT2D eigenvalue weighted by Crippen LogP contribution is -2.26. The van der Waals surface area contributed by atoms with E-state index >= 15 is 0 Å². The third-order valence-electron chi connectivity index (χ3n) is 2.10. The first-order valence-electron chi connectivity index (χ1n) is 5.25. The fraction of sp³-hybridized carbons (Fsp3) is 0.182. The van der Waals surface area contributed by atoms with Gasteiger partial charge in [0.15, 0.2) is 5.96 Å². The van der Waals surface area contributed by atoms with E-state index in [-0.39, 0.29) is 24.2 Å². The largest absolute Gasteiger partial charge is 0.370 e. The van der Waals surface area contributed by atoms with Gasteiger partial charge < -0.3 is 22.5 Å². The van der Waals surface area contributed by atoms with E-state index in [1.165, 1.54) is 0 Å². The Bertz CT molecular complexity index is 490. The number of likely N-dealkylation sites (N-methyl/N-ethyl adjacent to an activating group) is 1. The normalized spacial score (nSPS) is 10.8. The number of guanidine groups is 2. The molecule has 1 aromatic rings. The molecule has 7 heteroatoms. The number of hydrogen-bond donors (Lipinski definition) is 4. The summed E-state index contributed by atoms with van der Waals surface area (Å²) in [4.78, 5) is 19.0. The van der Waals surface area contributed by atoms with Gasteiger partial charge in [-0.15, -0.1) is 0 Å². The lowest BCUT2D eigenvalue weighted by molar-refractivity contribution is -0.119. The lowest BCUT2D eigenvalue weighted by atomic mass is 10.1. The molecular formula is C11H16N6O. The number of para-hydroxylation sites is 1. The smallest absolute Gasteiger partial charge is 0.224 e. The molecule has 0 aromatic heterocycles. The number of carbonyl (C=O) groups excluding carboxylic acids is 1. The molecule has 0 atom stereocenters. The molecule has 18 heavy (non-hydrogen) atoms. The maximum absolute atomic E-state index is 11.3. The van der Waals surface area contributed by atoms with Crippen LogP contribution in [0.2, 0.25) is 0 Å². The number of nitrogens with one attached hydrogen (secondary N) is 1. The fourth-order valence-electron chi connectivity index (χ4n) is 1.31. The predicted octanol–water partition coefficient (Wildman–Crippen LogP) is -0.805. The number of amides is 1. The third kappa shape index (κ3) is 4.12. The molecule has 1 rings (SSSR count).